The molecular formula is C27H27ClN4O5. The number of benzene rings is 1. The Hall–Kier alpha value is -3.98. The molecule has 0 atom stereocenters. The maximum Gasteiger partial charge on any atom is 0.341 e. The van der Waals surface area contributed by atoms with Crippen LogP contribution in [0.2, 0.25) is 5.02 Å². The standard InChI is InChI=1S/C27H27ClN4O5/c1-6-36-25(34)20-15-19-22(29-21-9-7-8-14-31(21)24(19)33)32(16(2)3)23(20)30-26(35)27(4,5)37-18-12-10-17(28)11-13-18/h7-16H,6H2,1-5H3. The molecule has 0 aliphatic rings. The molecule has 0 N–H and O–H groups in total. The van der Waals surface area contributed by atoms with Crippen molar-refractivity contribution in [2.24, 2.45) is 4.99 Å². The van der Waals surface area contributed by atoms with E-state index in [1.54, 1.807) is 74.0 Å². The summed E-state index contributed by atoms with van der Waals surface area (Å²) >= 11 is 5.95. The third-order valence-electron chi connectivity index (χ3n) is 5.66. The Morgan fingerprint density at radius 1 is 1.14 bits per heavy atom. The molecule has 192 valence electrons. The highest BCUT2D eigenvalue weighted by molar-refractivity contribution is 6.30. The van der Waals surface area contributed by atoms with E-state index in [0.717, 1.165) is 0 Å². The maximum atomic E-state index is 13.5. The van der Waals surface area contributed by atoms with E-state index in [1.165, 1.54) is 10.5 Å². The predicted octanol–water partition coefficient (Wildman–Crippen LogP) is 4.35. The monoisotopic (exact) mass is 522 g/mol. The molecule has 9 nitrogen and oxygen atoms in total. The van der Waals surface area contributed by atoms with Crippen molar-refractivity contribution in [2.45, 2.75) is 46.3 Å². The van der Waals surface area contributed by atoms with Gasteiger partial charge in [-0.05, 0) is 77.1 Å². The number of ether oxygens (including phenoxy) is 2. The van der Waals surface area contributed by atoms with E-state index in [9.17, 15) is 14.4 Å². The fourth-order valence-electron chi connectivity index (χ4n) is 3.87. The molecule has 0 saturated carbocycles. The van der Waals surface area contributed by atoms with E-state index >= 15 is 0 Å². The molecule has 0 unspecified atom stereocenters. The van der Waals surface area contributed by atoms with Gasteiger partial charge < -0.3 is 14.0 Å². The zero-order valence-corrected chi connectivity index (χ0v) is 21.9. The number of hydrogen-bond donors (Lipinski definition) is 0. The quantitative estimate of drug-likeness (QED) is 0.275. The lowest BCUT2D eigenvalue weighted by molar-refractivity contribution is -0.130. The highest BCUT2D eigenvalue weighted by Gasteiger charge is 2.31. The summed E-state index contributed by atoms with van der Waals surface area (Å²) < 4.78 is 14.2. The number of carbonyl (C=O) groups is 2. The first-order valence-electron chi connectivity index (χ1n) is 11.8. The van der Waals surface area contributed by atoms with Crippen LogP contribution in [0.5, 0.6) is 5.75 Å². The van der Waals surface area contributed by atoms with Crippen molar-refractivity contribution in [1.29, 1.82) is 0 Å². The van der Waals surface area contributed by atoms with Crippen LogP contribution in [0.3, 0.4) is 0 Å². The number of fused-ring (bicyclic) bond motifs is 2. The summed E-state index contributed by atoms with van der Waals surface area (Å²) in [4.78, 5) is 48.9. The number of amides is 1. The number of pyridine rings is 2. The second kappa shape index (κ2) is 10.2. The number of halogens is 1. The van der Waals surface area contributed by atoms with Crippen molar-refractivity contribution >= 4 is 40.2 Å². The van der Waals surface area contributed by atoms with Crippen LogP contribution in [0.15, 0.2) is 64.5 Å². The Bertz CT molecular complexity index is 1640. The van der Waals surface area contributed by atoms with Gasteiger partial charge in [0.25, 0.3) is 11.5 Å². The van der Waals surface area contributed by atoms with Crippen LogP contribution in [0, 0.1) is 0 Å². The molecule has 1 amide bonds. The van der Waals surface area contributed by atoms with Gasteiger partial charge in [-0.15, -0.1) is 0 Å². The van der Waals surface area contributed by atoms with E-state index in [-0.39, 0.29) is 34.6 Å². The molecule has 0 spiro atoms. The highest BCUT2D eigenvalue weighted by Crippen LogP contribution is 2.22. The Labute approximate surface area is 218 Å². The average Bonchev–Trinajstić information content (AvgIpc) is 2.85. The first-order valence-corrected chi connectivity index (χ1v) is 12.2. The summed E-state index contributed by atoms with van der Waals surface area (Å²) in [5, 5.41) is 0.730. The minimum atomic E-state index is -1.39. The lowest BCUT2D eigenvalue weighted by Gasteiger charge is -2.23. The second-order valence-electron chi connectivity index (χ2n) is 9.13. The van der Waals surface area contributed by atoms with Gasteiger partial charge in [0.15, 0.2) is 11.1 Å². The van der Waals surface area contributed by atoms with E-state index < -0.39 is 17.5 Å². The van der Waals surface area contributed by atoms with Crippen LogP contribution in [0.4, 0.5) is 0 Å². The van der Waals surface area contributed by atoms with Crippen molar-refractivity contribution in [3.8, 4) is 5.75 Å². The van der Waals surface area contributed by atoms with Gasteiger partial charge in [-0.2, -0.15) is 4.99 Å². The van der Waals surface area contributed by atoms with Crippen LogP contribution in [0.1, 0.15) is 51.0 Å². The molecule has 4 rings (SSSR count). The molecule has 37 heavy (non-hydrogen) atoms. The Morgan fingerprint density at radius 3 is 2.49 bits per heavy atom. The summed E-state index contributed by atoms with van der Waals surface area (Å²) in [6, 6.07) is 12.9. The fraction of sp³-hybridized carbons (Fsp3) is 0.296. The lowest BCUT2D eigenvalue weighted by Crippen LogP contribution is -2.40. The third-order valence-corrected chi connectivity index (χ3v) is 5.91. The SMILES string of the molecule is CCOC(=O)c1cc2c(=O)n3ccccc3nc2n(C(C)C)c1=NC(=O)C(C)(C)Oc1ccc(Cl)cc1. The number of hydrogen-bond acceptors (Lipinski definition) is 6. The molecule has 0 radical (unpaired) electrons. The third kappa shape index (κ3) is 5.13. The molecule has 10 heteroatoms. The van der Waals surface area contributed by atoms with Gasteiger partial charge in [0, 0.05) is 17.3 Å². The maximum absolute atomic E-state index is 13.5. The minimum absolute atomic E-state index is 0.0199. The summed E-state index contributed by atoms with van der Waals surface area (Å²) in [6.07, 6.45) is 1.60. The molecule has 4 aromatic rings. The summed E-state index contributed by atoms with van der Waals surface area (Å²) in [6.45, 7) is 8.63. The number of nitrogens with zero attached hydrogens (tertiary/aromatic N) is 4. The number of esters is 1. The van der Waals surface area contributed by atoms with Crippen molar-refractivity contribution in [1.82, 2.24) is 14.0 Å². The lowest BCUT2D eigenvalue weighted by atomic mass is 10.1. The van der Waals surface area contributed by atoms with Crippen LogP contribution < -0.4 is 15.8 Å². The van der Waals surface area contributed by atoms with E-state index in [1.807, 2.05) is 13.8 Å². The van der Waals surface area contributed by atoms with E-state index in [2.05, 4.69) is 9.98 Å². The summed E-state index contributed by atoms with van der Waals surface area (Å²) in [5.41, 5.74) is -1.02. The number of rotatable bonds is 6. The predicted molar refractivity (Wildman–Crippen MR) is 140 cm³/mol. The molecule has 0 fully saturated rings. The topological polar surface area (TPSA) is 104 Å². The summed E-state index contributed by atoms with van der Waals surface area (Å²) in [5.74, 6) is -0.918. The smallest absolute Gasteiger partial charge is 0.341 e. The molecule has 3 heterocycles. The van der Waals surface area contributed by atoms with Gasteiger partial charge in [0.1, 0.15) is 22.6 Å². The molecular weight excluding hydrogens is 496 g/mol. The largest absolute Gasteiger partial charge is 0.478 e. The van der Waals surface area contributed by atoms with Gasteiger partial charge in [-0.3, -0.25) is 14.0 Å². The van der Waals surface area contributed by atoms with Crippen LogP contribution in [-0.4, -0.2) is 38.0 Å². The minimum Gasteiger partial charge on any atom is -0.478 e. The summed E-state index contributed by atoms with van der Waals surface area (Å²) in [7, 11) is 0. The number of carbonyl (C=O) groups excluding carboxylic acids is 2. The second-order valence-corrected chi connectivity index (χ2v) is 9.57. The van der Waals surface area contributed by atoms with Crippen molar-refractivity contribution in [3.05, 3.63) is 81.2 Å². The molecule has 0 bridgehead atoms. The molecule has 0 saturated heterocycles. The Morgan fingerprint density at radius 2 is 1.84 bits per heavy atom. The van der Waals surface area contributed by atoms with Gasteiger partial charge in [-0.1, -0.05) is 17.7 Å². The van der Waals surface area contributed by atoms with Crippen LogP contribution >= 0.6 is 11.6 Å². The van der Waals surface area contributed by atoms with Gasteiger partial charge >= 0.3 is 5.97 Å². The van der Waals surface area contributed by atoms with E-state index in [4.69, 9.17) is 21.1 Å². The van der Waals surface area contributed by atoms with Gasteiger partial charge in [0.2, 0.25) is 0 Å². The van der Waals surface area contributed by atoms with Gasteiger partial charge in [0.05, 0.1) is 12.0 Å². The Kier molecular flexibility index (Phi) is 7.18. The van der Waals surface area contributed by atoms with Crippen LogP contribution in [0.25, 0.3) is 16.7 Å². The first kappa shape index (κ1) is 26.1. The van der Waals surface area contributed by atoms with Crippen molar-refractivity contribution in [3.63, 3.8) is 0 Å². The molecule has 1 aromatic carbocycles. The van der Waals surface area contributed by atoms with E-state index in [0.29, 0.717) is 22.1 Å². The zero-order valence-electron chi connectivity index (χ0n) is 21.2. The van der Waals surface area contributed by atoms with Crippen LogP contribution in [-0.2, 0) is 9.53 Å². The molecule has 0 aliphatic heterocycles. The normalized spacial score (nSPS) is 12.4. The van der Waals surface area contributed by atoms with Gasteiger partial charge in [-0.25, -0.2) is 9.78 Å². The molecule has 3 aromatic heterocycles. The Balaban J connectivity index is 2.00. The average molecular weight is 523 g/mol. The first-order chi connectivity index (χ1) is 17.5. The zero-order chi connectivity index (χ0) is 26.9. The van der Waals surface area contributed by atoms with Crippen molar-refractivity contribution < 1.29 is 19.1 Å². The molecule has 0 aliphatic carbocycles. The fourth-order valence-corrected chi connectivity index (χ4v) is 4.00. The number of aromatic nitrogens is 3. The highest BCUT2D eigenvalue weighted by atomic mass is 35.5. The van der Waals surface area contributed by atoms with Crippen molar-refractivity contribution in [2.75, 3.05) is 6.61 Å².